The Bertz CT molecular complexity index is 924. The number of rotatable bonds is 6. The molecule has 0 atom stereocenters. The summed E-state index contributed by atoms with van der Waals surface area (Å²) < 4.78 is 12.7. The van der Waals surface area contributed by atoms with Gasteiger partial charge < -0.3 is 9.47 Å². The molecule has 0 saturated carbocycles. The van der Waals surface area contributed by atoms with E-state index in [0.717, 1.165) is 20.1 Å². The van der Waals surface area contributed by atoms with Crippen molar-refractivity contribution in [1.82, 2.24) is 16.2 Å². The molecule has 0 aliphatic carbocycles. The second kappa shape index (κ2) is 11.1. The Morgan fingerprint density at radius 2 is 1.34 bits per heavy atom. The highest BCUT2D eigenvalue weighted by Crippen LogP contribution is 2.22. The summed E-state index contributed by atoms with van der Waals surface area (Å²) in [7, 11) is 0. The summed E-state index contributed by atoms with van der Waals surface area (Å²) in [6.07, 6.45) is 0. The van der Waals surface area contributed by atoms with Crippen molar-refractivity contribution >= 4 is 61.0 Å². The van der Waals surface area contributed by atoms with Crippen molar-refractivity contribution in [1.29, 1.82) is 0 Å². The van der Waals surface area contributed by atoms with Crippen molar-refractivity contribution in [3.8, 4) is 11.5 Å². The van der Waals surface area contributed by atoms with Gasteiger partial charge in [-0.15, -0.1) is 0 Å². The number of carbonyl (C=O) groups is 2. The maximum Gasteiger partial charge on any atom is 0.276 e. The Balaban J connectivity index is 1.67. The molecule has 0 bridgehead atoms. The summed E-state index contributed by atoms with van der Waals surface area (Å²) in [5, 5.41) is 2.35. The Hall–Kier alpha value is -2.17. The molecule has 2 amide bonds. The van der Waals surface area contributed by atoms with Gasteiger partial charge in [-0.3, -0.25) is 25.8 Å². The van der Waals surface area contributed by atoms with Gasteiger partial charge in [-0.25, -0.2) is 0 Å². The molecule has 7 nitrogen and oxygen atoms in total. The van der Waals surface area contributed by atoms with Crippen LogP contribution in [-0.4, -0.2) is 30.1 Å². The predicted octanol–water partition coefficient (Wildman–Crippen LogP) is 3.31. The average Bonchev–Trinajstić information content (AvgIpc) is 2.68. The van der Waals surface area contributed by atoms with Crippen LogP contribution >= 0.6 is 44.1 Å². The lowest BCUT2D eigenvalue weighted by Crippen LogP contribution is -2.50. The molecular formula is C19H19Br2N3O4S. The Labute approximate surface area is 190 Å². The van der Waals surface area contributed by atoms with Crippen molar-refractivity contribution in [2.45, 2.75) is 13.8 Å². The van der Waals surface area contributed by atoms with E-state index in [2.05, 4.69) is 48.0 Å². The third kappa shape index (κ3) is 8.00. The van der Waals surface area contributed by atoms with E-state index in [1.165, 1.54) is 0 Å². The fourth-order valence-electron chi connectivity index (χ4n) is 2.07. The topological polar surface area (TPSA) is 88.7 Å². The molecule has 10 heteroatoms. The van der Waals surface area contributed by atoms with Crippen LogP contribution in [0.2, 0.25) is 0 Å². The largest absolute Gasteiger partial charge is 0.484 e. The highest BCUT2D eigenvalue weighted by Gasteiger charge is 2.08. The van der Waals surface area contributed by atoms with E-state index in [1.54, 1.807) is 18.2 Å². The molecule has 0 heterocycles. The molecular weight excluding hydrogens is 526 g/mol. The molecule has 154 valence electrons. The van der Waals surface area contributed by atoms with Crippen LogP contribution in [0.4, 0.5) is 0 Å². The molecule has 2 aromatic rings. The van der Waals surface area contributed by atoms with Gasteiger partial charge in [0.05, 0.1) is 0 Å². The highest BCUT2D eigenvalue weighted by atomic mass is 79.9. The first kappa shape index (κ1) is 23.1. The van der Waals surface area contributed by atoms with Crippen molar-refractivity contribution in [2.24, 2.45) is 0 Å². The fourth-order valence-corrected chi connectivity index (χ4v) is 2.73. The number of amides is 2. The molecule has 2 aromatic carbocycles. The van der Waals surface area contributed by atoms with Crippen molar-refractivity contribution in [3.05, 3.63) is 56.5 Å². The van der Waals surface area contributed by atoms with Crippen LogP contribution in [0, 0.1) is 13.8 Å². The molecule has 0 aromatic heterocycles. The third-order valence-electron chi connectivity index (χ3n) is 3.57. The van der Waals surface area contributed by atoms with Crippen LogP contribution in [0.15, 0.2) is 45.3 Å². The summed E-state index contributed by atoms with van der Waals surface area (Å²) in [4.78, 5) is 23.7. The molecule has 0 radical (unpaired) electrons. The van der Waals surface area contributed by atoms with Gasteiger partial charge in [0, 0.05) is 8.95 Å². The molecule has 0 aliphatic heterocycles. The van der Waals surface area contributed by atoms with Crippen molar-refractivity contribution in [3.63, 3.8) is 0 Å². The summed E-state index contributed by atoms with van der Waals surface area (Å²) >= 11 is 11.8. The van der Waals surface area contributed by atoms with Gasteiger partial charge in [0.15, 0.2) is 18.3 Å². The highest BCUT2D eigenvalue weighted by molar-refractivity contribution is 9.10. The van der Waals surface area contributed by atoms with E-state index in [4.69, 9.17) is 21.7 Å². The zero-order chi connectivity index (χ0) is 21.4. The van der Waals surface area contributed by atoms with Crippen LogP contribution in [0.3, 0.4) is 0 Å². The van der Waals surface area contributed by atoms with E-state index >= 15 is 0 Å². The smallest absolute Gasteiger partial charge is 0.276 e. The summed E-state index contributed by atoms with van der Waals surface area (Å²) in [6, 6.07) is 10.8. The monoisotopic (exact) mass is 543 g/mol. The van der Waals surface area contributed by atoms with Gasteiger partial charge >= 0.3 is 0 Å². The van der Waals surface area contributed by atoms with E-state index < -0.39 is 11.8 Å². The third-order valence-corrected chi connectivity index (χ3v) is 5.55. The van der Waals surface area contributed by atoms with Crippen molar-refractivity contribution < 1.29 is 19.1 Å². The van der Waals surface area contributed by atoms with Gasteiger partial charge in [0.1, 0.15) is 11.5 Å². The minimum absolute atomic E-state index is 0.0570. The van der Waals surface area contributed by atoms with Crippen molar-refractivity contribution in [2.75, 3.05) is 13.2 Å². The Kier molecular flexibility index (Phi) is 8.87. The number of hydrogen-bond acceptors (Lipinski definition) is 5. The maximum absolute atomic E-state index is 11.9. The van der Waals surface area contributed by atoms with Crippen LogP contribution < -0.4 is 25.6 Å². The van der Waals surface area contributed by atoms with Gasteiger partial charge in [-0.2, -0.15) is 0 Å². The zero-order valence-electron chi connectivity index (χ0n) is 15.7. The predicted molar refractivity (Wildman–Crippen MR) is 121 cm³/mol. The number of hydrogen-bond donors (Lipinski definition) is 3. The fraction of sp³-hybridized carbons (Fsp3) is 0.211. The second-order valence-electron chi connectivity index (χ2n) is 5.95. The summed E-state index contributed by atoms with van der Waals surface area (Å²) in [5.74, 6) is 0.216. The Morgan fingerprint density at radius 3 is 1.83 bits per heavy atom. The molecule has 0 aliphatic rings. The van der Waals surface area contributed by atoms with E-state index in [0.29, 0.717) is 11.5 Å². The number of halogens is 2. The van der Waals surface area contributed by atoms with Crippen LogP contribution in [0.5, 0.6) is 11.5 Å². The molecule has 0 spiro atoms. The summed E-state index contributed by atoms with van der Waals surface area (Å²) in [6.45, 7) is 3.40. The Morgan fingerprint density at radius 1 is 0.862 bits per heavy atom. The molecule has 0 fully saturated rings. The maximum atomic E-state index is 11.9. The summed E-state index contributed by atoms with van der Waals surface area (Å²) in [5.41, 5.74) is 6.76. The zero-order valence-corrected chi connectivity index (χ0v) is 19.7. The van der Waals surface area contributed by atoms with Gasteiger partial charge in [0.2, 0.25) is 0 Å². The number of carbonyl (C=O) groups excluding carboxylic acids is 2. The standard InChI is InChI=1S/C19H19Br2N3O4S/c1-11-7-13(3-5-15(11)20)27-9-17(25)22-19(29)24-23-18(26)10-28-14-4-6-16(21)12(2)8-14/h3-8H,9-10H2,1-2H3,(H,23,26)(H2,22,24,25,29). The SMILES string of the molecule is Cc1cc(OCC(=O)NNC(=S)NC(=O)COc2ccc(Br)c(C)c2)ccc1Br. The lowest BCUT2D eigenvalue weighted by molar-refractivity contribution is -0.124. The van der Waals surface area contributed by atoms with Gasteiger partial charge in [0.25, 0.3) is 11.8 Å². The molecule has 0 saturated heterocycles. The number of thiocarbonyl (C=S) groups is 1. The average molecular weight is 545 g/mol. The number of nitrogens with one attached hydrogen (secondary N) is 3. The van der Waals surface area contributed by atoms with E-state index in [1.807, 2.05) is 32.0 Å². The number of ether oxygens (including phenoxy) is 2. The lowest BCUT2D eigenvalue weighted by Gasteiger charge is -2.12. The van der Waals surface area contributed by atoms with Gasteiger partial charge in [-0.05, 0) is 73.6 Å². The molecule has 2 rings (SSSR count). The number of hydrazine groups is 1. The molecule has 3 N–H and O–H groups in total. The minimum Gasteiger partial charge on any atom is -0.484 e. The lowest BCUT2D eigenvalue weighted by atomic mass is 10.2. The number of aryl methyl sites for hydroxylation is 2. The first-order valence-electron chi connectivity index (χ1n) is 8.41. The minimum atomic E-state index is -0.459. The molecule has 0 unspecified atom stereocenters. The second-order valence-corrected chi connectivity index (χ2v) is 8.07. The van der Waals surface area contributed by atoms with Crippen LogP contribution in [0.1, 0.15) is 11.1 Å². The first-order chi connectivity index (χ1) is 13.7. The van der Waals surface area contributed by atoms with Crippen LogP contribution in [-0.2, 0) is 9.59 Å². The first-order valence-corrected chi connectivity index (χ1v) is 10.4. The normalized spacial score (nSPS) is 10.1. The van der Waals surface area contributed by atoms with Gasteiger partial charge in [-0.1, -0.05) is 31.9 Å². The number of benzene rings is 2. The van der Waals surface area contributed by atoms with Crippen LogP contribution in [0.25, 0.3) is 0 Å². The van der Waals surface area contributed by atoms with E-state index in [9.17, 15) is 9.59 Å². The quantitative estimate of drug-likeness (QED) is 0.382. The van der Waals surface area contributed by atoms with E-state index in [-0.39, 0.29) is 18.3 Å². The molecule has 29 heavy (non-hydrogen) atoms.